The SMILES string of the molecule is [C-]#[N+]Cn1ncc2c(Nc3ncc(C(F)(F)F)c(NC)n3)cc(C(F)(F)F)cc21. The average molecular weight is 415 g/mol. The van der Waals surface area contributed by atoms with Crippen molar-refractivity contribution < 1.29 is 26.3 Å². The van der Waals surface area contributed by atoms with Crippen molar-refractivity contribution in [1.29, 1.82) is 0 Å². The minimum absolute atomic E-state index is 0.0269. The first-order valence-corrected chi connectivity index (χ1v) is 7.83. The molecule has 0 aliphatic carbocycles. The fourth-order valence-electron chi connectivity index (χ4n) is 2.58. The molecule has 7 nitrogen and oxygen atoms in total. The molecule has 3 rings (SSSR count). The van der Waals surface area contributed by atoms with E-state index < -0.39 is 29.3 Å². The topological polar surface area (TPSA) is 72.0 Å². The molecule has 0 amide bonds. The number of nitrogens with one attached hydrogen (secondary N) is 2. The summed E-state index contributed by atoms with van der Waals surface area (Å²) in [5, 5.41) is 8.89. The van der Waals surface area contributed by atoms with Crippen molar-refractivity contribution in [2.45, 2.75) is 19.0 Å². The van der Waals surface area contributed by atoms with Crippen LogP contribution in [0.15, 0.2) is 24.5 Å². The summed E-state index contributed by atoms with van der Waals surface area (Å²) < 4.78 is 79.8. The fraction of sp³-hybridized carbons (Fsp3) is 0.250. The first kappa shape index (κ1) is 20.2. The first-order chi connectivity index (χ1) is 13.5. The van der Waals surface area contributed by atoms with Gasteiger partial charge in [-0.25, -0.2) is 11.6 Å². The Kier molecular flexibility index (Phi) is 4.95. The van der Waals surface area contributed by atoms with Gasteiger partial charge in [-0.1, -0.05) is 0 Å². The predicted octanol–water partition coefficient (Wildman–Crippen LogP) is 4.53. The van der Waals surface area contributed by atoms with E-state index >= 15 is 0 Å². The standard InChI is InChI=1S/C16H11F6N7/c1-23-7-29-12-4-8(15(17,18)19)3-11(9(12)5-26-29)27-14-25-6-10(16(20,21)22)13(24-2)28-14/h3-6H,7H2,2H3,(H2,24,25,27,28). The molecule has 152 valence electrons. The Hall–Kier alpha value is -3.56. The number of hydrogen-bond donors (Lipinski definition) is 2. The monoisotopic (exact) mass is 415 g/mol. The molecule has 2 heterocycles. The maximum atomic E-state index is 13.3. The summed E-state index contributed by atoms with van der Waals surface area (Å²) in [7, 11) is 1.22. The minimum Gasteiger partial charge on any atom is -0.372 e. The lowest BCUT2D eigenvalue weighted by Crippen LogP contribution is -2.13. The molecule has 0 unspecified atom stereocenters. The molecule has 0 fully saturated rings. The summed E-state index contributed by atoms with van der Waals surface area (Å²) in [5.41, 5.74) is -2.24. The van der Waals surface area contributed by atoms with Gasteiger partial charge in [0.05, 0.1) is 23.0 Å². The van der Waals surface area contributed by atoms with E-state index in [0.717, 1.165) is 16.8 Å². The van der Waals surface area contributed by atoms with Crippen molar-refractivity contribution in [3.63, 3.8) is 0 Å². The second kappa shape index (κ2) is 7.12. The summed E-state index contributed by atoms with van der Waals surface area (Å²) in [6.07, 6.45) is -7.64. The zero-order valence-electron chi connectivity index (χ0n) is 14.5. The Morgan fingerprint density at radius 2 is 1.83 bits per heavy atom. The second-order valence-corrected chi connectivity index (χ2v) is 5.73. The molecule has 0 aliphatic rings. The van der Waals surface area contributed by atoms with Gasteiger partial charge in [-0.15, -0.1) is 0 Å². The first-order valence-electron chi connectivity index (χ1n) is 7.83. The van der Waals surface area contributed by atoms with Crippen molar-refractivity contribution in [1.82, 2.24) is 19.7 Å². The number of halogens is 6. The molecular formula is C16H11F6N7. The van der Waals surface area contributed by atoms with Crippen LogP contribution in [0.5, 0.6) is 0 Å². The molecule has 2 aromatic heterocycles. The molecule has 1 aromatic carbocycles. The highest BCUT2D eigenvalue weighted by Gasteiger charge is 2.35. The molecule has 0 saturated heterocycles. The summed E-state index contributed by atoms with van der Waals surface area (Å²) in [6, 6.07) is 1.61. The zero-order chi connectivity index (χ0) is 21.4. The molecule has 0 radical (unpaired) electrons. The fourth-order valence-corrected chi connectivity index (χ4v) is 2.58. The highest BCUT2D eigenvalue weighted by atomic mass is 19.4. The summed E-state index contributed by atoms with van der Waals surface area (Å²) in [6.45, 7) is 6.59. The van der Waals surface area contributed by atoms with E-state index in [-0.39, 0.29) is 29.2 Å². The van der Waals surface area contributed by atoms with Crippen LogP contribution >= 0.6 is 0 Å². The van der Waals surface area contributed by atoms with E-state index in [0.29, 0.717) is 6.20 Å². The Balaban J connectivity index is 2.11. The predicted molar refractivity (Wildman–Crippen MR) is 91.2 cm³/mol. The van der Waals surface area contributed by atoms with Gasteiger partial charge in [-0.3, -0.25) is 4.85 Å². The van der Waals surface area contributed by atoms with Crippen molar-refractivity contribution >= 4 is 28.4 Å². The van der Waals surface area contributed by atoms with Gasteiger partial charge in [0.2, 0.25) is 5.95 Å². The lowest BCUT2D eigenvalue weighted by atomic mass is 10.1. The largest absolute Gasteiger partial charge is 0.421 e. The molecule has 2 N–H and O–H groups in total. The van der Waals surface area contributed by atoms with E-state index in [9.17, 15) is 26.3 Å². The molecule has 0 spiro atoms. The van der Waals surface area contributed by atoms with Crippen LogP contribution in [-0.4, -0.2) is 26.8 Å². The number of hydrogen-bond acceptors (Lipinski definition) is 5. The van der Waals surface area contributed by atoms with Gasteiger partial charge in [0, 0.05) is 18.6 Å². The van der Waals surface area contributed by atoms with Crippen molar-refractivity contribution in [2.75, 3.05) is 17.7 Å². The Labute approximate surface area is 159 Å². The van der Waals surface area contributed by atoms with Crippen LogP contribution in [0.3, 0.4) is 0 Å². The Morgan fingerprint density at radius 3 is 2.41 bits per heavy atom. The van der Waals surface area contributed by atoms with Crippen LogP contribution in [-0.2, 0) is 19.0 Å². The maximum absolute atomic E-state index is 13.3. The van der Waals surface area contributed by atoms with Gasteiger partial charge >= 0.3 is 19.0 Å². The molecule has 0 aliphatic heterocycles. The van der Waals surface area contributed by atoms with Crippen LogP contribution in [0.25, 0.3) is 15.7 Å². The van der Waals surface area contributed by atoms with Gasteiger partial charge in [0.25, 0.3) is 0 Å². The second-order valence-electron chi connectivity index (χ2n) is 5.73. The number of fused-ring (bicyclic) bond motifs is 1. The Morgan fingerprint density at radius 1 is 1.10 bits per heavy atom. The third-order valence-electron chi connectivity index (χ3n) is 3.87. The van der Waals surface area contributed by atoms with Gasteiger partial charge in [0.1, 0.15) is 11.4 Å². The van der Waals surface area contributed by atoms with E-state index in [1.807, 2.05) is 0 Å². The molecular weight excluding hydrogens is 404 g/mol. The number of nitrogens with zero attached hydrogens (tertiary/aromatic N) is 5. The van der Waals surface area contributed by atoms with Crippen LogP contribution < -0.4 is 10.6 Å². The normalized spacial score (nSPS) is 12.1. The summed E-state index contributed by atoms with van der Waals surface area (Å²) in [4.78, 5) is 10.3. The van der Waals surface area contributed by atoms with Gasteiger partial charge < -0.3 is 10.6 Å². The van der Waals surface area contributed by atoms with E-state index in [2.05, 4.69) is 30.5 Å². The summed E-state index contributed by atoms with van der Waals surface area (Å²) >= 11 is 0. The van der Waals surface area contributed by atoms with Crippen molar-refractivity contribution in [3.8, 4) is 0 Å². The number of rotatable bonds is 4. The smallest absolute Gasteiger partial charge is 0.372 e. The van der Waals surface area contributed by atoms with E-state index in [4.69, 9.17) is 6.57 Å². The maximum Gasteiger partial charge on any atom is 0.421 e. The lowest BCUT2D eigenvalue weighted by molar-refractivity contribution is -0.138. The van der Waals surface area contributed by atoms with Crippen LogP contribution in [0.2, 0.25) is 0 Å². The average Bonchev–Trinajstić information content (AvgIpc) is 3.03. The van der Waals surface area contributed by atoms with Crippen molar-refractivity contribution in [2.24, 2.45) is 0 Å². The lowest BCUT2D eigenvalue weighted by Gasteiger charge is -2.14. The van der Waals surface area contributed by atoms with E-state index in [1.54, 1.807) is 0 Å². The molecule has 0 atom stereocenters. The van der Waals surface area contributed by atoms with Gasteiger partial charge in [-0.2, -0.15) is 41.1 Å². The van der Waals surface area contributed by atoms with Crippen LogP contribution in [0.4, 0.5) is 43.8 Å². The highest BCUT2D eigenvalue weighted by Crippen LogP contribution is 2.37. The molecule has 0 bridgehead atoms. The quantitative estimate of drug-likeness (QED) is 0.484. The Bertz CT molecular complexity index is 1090. The molecule has 3 aromatic rings. The number of alkyl halides is 6. The third kappa shape index (κ3) is 4.00. The van der Waals surface area contributed by atoms with Crippen molar-refractivity contribution in [3.05, 3.63) is 47.1 Å². The third-order valence-corrected chi connectivity index (χ3v) is 3.87. The van der Waals surface area contributed by atoms with Gasteiger partial charge in [-0.05, 0) is 12.1 Å². The summed E-state index contributed by atoms with van der Waals surface area (Å²) in [5.74, 6) is -0.886. The zero-order valence-corrected chi connectivity index (χ0v) is 14.5. The molecule has 13 heteroatoms. The minimum atomic E-state index is -4.71. The molecule has 29 heavy (non-hydrogen) atoms. The van der Waals surface area contributed by atoms with Crippen LogP contribution in [0.1, 0.15) is 11.1 Å². The van der Waals surface area contributed by atoms with Crippen LogP contribution in [0, 0.1) is 6.57 Å². The molecule has 0 saturated carbocycles. The van der Waals surface area contributed by atoms with E-state index in [1.165, 1.54) is 13.2 Å². The number of anilines is 3. The highest BCUT2D eigenvalue weighted by molar-refractivity contribution is 5.93. The van der Waals surface area contributed by atoms with Gasteiger partial charge in [0.15, 0.2) is 0 Å². The number of benzene rings is 1. The number of aromatic nitrogens is 4.